The van der Waals surface area contributed by atoms with Gasteiger partial charge < -0.3 is 10.1 Å². The van der Waals surface area contributed by atoms with Crippen LogP contribution < -0.4 is 10.1 Å². The molecule has 0 unspecified atom stereocenters. The lowest BCUT2D eigenvalue weighted by atomic mass is 10.2. The van der Waals surface area contributed by atoms with Crippen LogP contribution in [0, 0.1) is 0 Å². The molecule has 0 amide bonds. The van der Waals surface area contributed by atoms with E-state index < -0.39 is 0 Å². The molecule has 2 aromatic carbocycles. The SMILES string of the molecule is ClCc1ccc(NCCOc2cccc(Br)c2)cc1. The van der Waals surface area contributed by atoms with Crippen molar-refractivity contribution in [1.82, 2.24) is 0 Å². The van der Waals surface area contributed by atoms with Gasteiger partial charge in [-0.05, 0) is 35.9 Å². The van der Waals surface area contributed by atoms with E-state index >= 15 is 0 Å². The van der Waals surface area contributed by atoms with Crippen molar-refractivity contribution in [3.8, 4) is 5.75 Å². The number of hydrogen-bond donors (Lipinski definition) is 1. The highest BCUT2D eigenvalue weighted by molar-refractivity contribution is 9.10. The van der Waals surface area contributed by atoms with E-state index in [0.717, 1.165) is 28.0 Å². The van der Waals surface area contributed by atoms with Crippen LogP contribution in [0.2, 0.25) is 0 Å². The molecule has 0 atom stereocenters. The van der Waals surface area contributed by atoms with Crippen molar-refractivity contribution in [2.24, 2.45) is 0 Å². The van der Waals surface area contributed by atoms with E-state index in [0.29, 0.717) is 12.5 Å². The van der Waals surface area contributed by atoms with Gasteiger partial charge in [-0.3, -0.25) is 0 Å². The zero-order valence-electron chi connectivity index (χ0n) is 10.4. The molecule has 0 fully saturated rings. The molecule has 19 heavy (non-hydrogen) atoms. The average molecular weight is 341 g/mol. The molecule has 2 nitrogen and oxygen atoms in total. The Labute approximate surface area is 126 Å². The largest absolute Gasteiger partial charge is 0.492 e. The second-order valence-electron chi connectivity index (χ2n) is 4.06. The third-order valence-corrected chi connectivity index (χ3v) is 3.41. The van der Waals surface area contributed by atoms with Crippen molar-refractivity contribution >= 4 is 33.2 Å². The van der Waals surface area contributed by atoms with Gasteiger partial charge in [0, 0.05) is 22.6 Å². The quantitative estimate of drug-likeness (QED) is 0.609. The third-order valence-electron chi connectivity index (χ3n) is 2.60. The van der Waals surface area contributed by atoms with Crippen LogP contribution in [0.15, 0.2) is 53.0 Å². The van der Waals surface area contributed by atoms with Gasteiger partial charge in [0.1, 0.15) is 12.4 Å². The lowest BCUT2D eigenvalue weighted by molar-refractivity contribution is 0.332. The number of alkyl halides is 1. The lowest BCUT2D eigenvalue weighted by Gasteiger charge is -2.09. The molecule has 0 radical (unpaired) electrons. The fourth-order valence-corrected chi connectivity index (χ4v) is 2.19. The minimum absolute atomic E-state index is 0.548. The van der Waals surface area contributed by atoms with Crippen molar-refractivity contribution in [3.05, 3.63) is 58.6 Å². The molecule has 0 bridgehead atoms. The summed E-state index contributed by atoms with van der Waals surface area (Å²) in [7, 11) is 0. The maximum Gasteiger partial charge on any atom is 0.120 e. The van der Waals surface area contributed by atoms with E-state index in [1.807, 2.05) is 48.5 Å². The minimum atomic E-state index is 0.548. The molecule has 1 N–H and O–H groups in total. The van der Waals surface area contributed by atoms with Gasteiger partial charge in [-0.15, -0.1) is 11.6 Å². The second kappa shape index (κ2) is 7.41. The Kier molecular flexibility index (Phi) is 5.55. The molecule has 0 spiro atoms. The van der Waals surface area contributed by atoms with Gasteiger partial charge >= 0.3 is 0 Å². The lowest BCUT2D eigenvalue weighted by Crippen LogP contribution is -2.11. The van der Waals surface area contributed by atoms with Crippen LogP contribution in [0.5, 0.6) is 5.75 Å². The summed E-state index contributed by atoms with van der Waals surface area (Å²) in [6, 6.07) is 15.9. The van der Waals surface area contributed by atoms with Gasteiger partial charge in [-0.2, -0.15) is 0 Å². The van der Waals surface area contributed by atoms with Crippen molar-refractivity contribution in [1.29, 1.82) is 0 Å². The van der Waals surface area contributed by atoms with Crippen molar-refractivity contribution < 1.29 is 4.74 Å². The van der Waals surface area contributed by atoms with Crippen molar-refractivity contribution in [3.63, 3.8) is 0 Å². The fourth-order valence-electron chi connectivity index (χ4n) is 1.63. The Morgan fingerprint density at radius 2 is 1.89 bits per heavy atom. The molecule has 0 aliphatic rings. The minimum Gasteiger partial charge on any atom is -0.492 e. The Balaban J connectivity index is 1.74. The van der Waals surface area contributed by atoms with Gasteiger partial charge in [0.25, 0.3) is 0 Å². The molecule has 0 saturated heterocycles. The van der Waals surface area contributed by atoms with E-state index in [9.17, 15) is 0 Å². The third kappa shape index (κ3) is 4.77. The summed E-state index contributed by atoms with van der Waals surface area (Å²) in [4.78, 5) is 0. The normalized spacial score (nSPS) is 10.2. The second-order valence-corrected chi connectivity index (χ2v) is 5.25. The van der Waals surface area contributed by atoms with Crippen LogP contribution in [0.4, 0.5) is 5.69 Å². The predicted octanol–water partition coefficient (Wildman–Crippen LogP) is 4.68. The number of nitrogens with one attached hydrogen (secondary N) is 1. The maximum absolute atomic E-state index is 5.74. The summed E-state index contributed by atoms with van der Waals surface area (Å²) < 4.78 is 6.66. The summed E-state index contributed by atoms with van der Waals surface area (Å²) in [6.07, 6.45) is 0. The first kappa shape index (κ1) is 14.2. The maximum atomic E-state index is 5.74. The van der Waals surface area contributed by atoms with Gasteiger partial charge in [0.05, 0.1) is 0 Å². The van der Waals surface area contributed by atoms with E-state index in [2.05, 4.69) is 21.2 Å². The smallest absolute Gasteiger partial charge is 0.120 e. The molecule has 0 saturated carbocycles. The van der Waals surface area contributed by atoms with E-state index in [4.69, 9.17) is 16.3 Å². The highest BCUT2D eigenvalue weighted by atomic mass is 79.9. The monoisotopic (exact) mass is 339 g/mol. The molecular formula is C15H15BrClNO. The van der Waals surface area contributed by atoms with Gasteiger partial charge in [-0.1, -0.05) is 34.1 Å². The first-order valence-electron chi connectivity index (χ1n) is 6.05. The summed E-state index contributed by atoms with van der Waals surface area (Å²) in [6.45, 7) is 1.38. The molecule has 100 valence electrons. The number of halogens is 2. The standard InChI is InChI=1S/C15H15BrClNO/c16-13-2-1-3-15(10-13)19-9-8-18-14-6-4-12(11-17)5-7-14/h1-7,10,18H,8-9,11H2. The van der Waals surface area contributed by atoms with Crippen LogP contribution in [-0.2, 0) is 5.88 Å². The number of anilines is 1. The Morgan fingerprint density at radius 3 is 2.58 bits per heavy atom. The molecule has 2 rings (SSSR count). The first-order valence-corrected chi connectivity index (χ1v) is 7.38. The summed E-state index contributed by atoms with van der Waals surface area (Å²) in [5.74, 6) is 1.42. The topological polar surface area (TPSA) is 21.3 Å². The Bertz CT molecular complexity index is 516. The van der Waals surface area contributed by atoms with E-state index in [1.165, 1.54) is 0 Å². The Hall–Kier alpha value is -1.19. The summed E-state index contributed by atoms with van der Waals surface area (Å²) in [5.41, 5.74) is 2.20. The van der Waals surface area contributed by atoms with Crippen molar-refractivity contribution in [2.45, 2.75) is 5.88 Å². The van der Waals surface area contributed by atoms with Crippen LogP contribution in [0.3, 0.4) is 0 Å². The zero-order chi connectivity index (χ0) is 13.5. The number of benzene rings is 2. The molecule has 0 aliphatic heterocycles. The van der Waals surface area contributed by atoms with Crippen LogP contribution in [0.1, 0.15) is 5.56 Å². The fraction of sp³-hybridized carbons (Fsp3) is 0.200. The highest BCUT2D eigenvalue weighted by Gasteiger charge is 1.96. The summed E-state index contributed by atoms with van der Waals surface area (Å²) >= 11 is 9.16. The van der Waals surface area contributed by atoms with Crippen molar-refractivity contribution in [2.75, 3.05) is 18.5 Å². The molecule has 2 aromatic rings. The van der Waals surface area contributed by atoms with E-state index in [-0.39, 0.29) is 0 Å². The average Bonchev–Trinajstić information content (AvgIpc) is 2.44. The van der Waals surface area contributed by atoms with Crippen LogP contribution in [-0.4, -0.2) is 13.2 Å². The van der Waals surface area contributed by atoms with Crippen LogP contribution in [0.25, 0.3) is 0 Å². The first-order chi connectivity index (χ1) is 9.28. The number of hydrogen-bond acceptors (Lipinski definition) is 2. The van der Waals surface area contributed by atoms with Gasteiger partial charge in [0.2, 0.25) is 0 Å². The van der Waals surface area contributed by atoms with Gasteiger partial charge in [-0.25, -0.2) is 0 Å². The molecule has 4 heteroatoms. The Morgan fingerprint density at radius 1 is 1.11 bits per heavy atom. The van der Waals surface area contributed by atoms with E-state index in [1.54, 1.807) is 0 Å². The highest BCUT2D eigenvalue weighted by Crippen LogP contribution is 2.17. The molecule has 0 aromatic heterocycles. The zero-order valence-corrected chi connectivity index (χ0v) is 12.7. The number of rotatable bonds is 6. The van der Waals surface area contributed by atoms with Crippen LogP contribution >= 0.6 is 27.5 Å². The molecular weight excluding hydrogens is 326 g/mol. The predicted molar refractivity (Wildman–Crippen MR) is 84.1 cm³/mol. The summed E-state index contributed by atoms with van der Waals surface area (Å²) in [5, 5.41) is 3.30. The molecule has 0 aliphatic carbocycles. The van der Waals surface area contributed by atoms with Gasteiger partial charge in [0.15, 0.2) is 0 Å². The number of ether oxygens (including phenoxy) is 1. The molecule has 0 heterocycles.